The summed E-state index contributed by atoms with van der Waals surface area (Å²) in [4.78, 5) is 1.96. The van der Waals surface area contributed by atoms with Gasteiger partial charge in [-0.15, -0.1) is 0 Å². The Hall–Kier alpha value is -1.07. The molecule has 2 rings (SSSR count). The average molecular weight is 254 g/mol. The number of hydrogen-bond donors (Lipinski definition) is 0. The van der Waals surface area contributed by atoms with E-state index in [1.54, 1.807) is 6.07 Å². The maximum atomic E-state index is 11.0. The number of likely N-dealkylation sites (N-methyl/N-ethyl adjacent to an activating group) is 1. The van der Waals surface area contributed by atoms with Gasteiger partial charge in [0, 0.05) is 24.2 Å². The van der Waals surface area contributed by atoms with Gasteiger partial charge in [-0.2, -0.15) is 0 Å². The SMILES string of the molecule is C[C@@H]1N(C)c2ccc(S(=O)(=O)[O-])cc2C1(C)C. The van der Waals surface area contributed by atoms with E-state index in [0.29, 0.717) is 0 Å². The van der Waals surface area contributed by atoms with E-state index in [1.165, 1.54) is 12.1 Å². The van der Waals surface area contributed by atoms with Crippen LogP contribution in [0, 0.1) is 0 Å². The van der Waals surface area contributed by atoms with Crippen LogP contribution in [0.3, 0.4) is 0 Å². The quantitative estimate of drug-likeness (QED) is 0.716. The summed E-state index contributed by atoms with van der Waals surface area (Å²) < 4.78 is 33.1. The molecule has 17 heavy (non-hydrogen) atoms. The van der Waals surface area contributed by atoms with Crippen molar-refractivity contribution < 1.29 is 13.0 Å². The van der Waals surface area contributed by atoms with Gasteiger partial charge < -0.3 is 9.45 Å². The highest BCUT2D eigenvalue weighted by Gasteiger charge is 2.40. The van der Waals surface area contributed by atoms with Gasteiger partial charge in [-0.25, -0.2) is 8.42 Å². The molecule has 0 radical (unpaired) electrons. The molecule has 1 aromatic rings. The lowest BCUT2D eigenvalue weighted by molar-refractivity contribution is 0.451. The van der Waals surface area contributed by atoms with Crippen molar-refractivity contribution in [2.75, 3.05) is 11.9 Å². The summed E-state index contributed by atoms with van der Waals surface area (Å²) >= 11 is 0. The highest BCUT2D eigenvalue weighted by Crippen LogP contribution is 2.44. The Kier molecular flexibility index (Phi) is 2.52. The summed E-state index contributed by atoms with van der Waals surface area (Å²) in [7, 11) is -2.40. The molecule has 0 amide bonds. The first-order valence-electron chi connectivity index (χ1n) is 5.49. The first-order valence-corrected chi connectivity index (χ1v) is 6.90. The Morgan fingerprint density at radius 1 is 1.35 bits per heavy atom. The first kappa shape index (κ1) is 12.4. The molecule has 0 spiro atoms. The lowest BCUT2D eigenvalue weighted by atomic mass is 9.81. The number of fused-ring (bicyclic) bond motifs is 1. The molecule has 0 saturated heterocycles. The van der Waals surface area contributed by atoms with Gasteiger partial charge in [-0.1, -0.05) is 13.8 Å². The minimum Gasteiger partial charge on any atom is -0.744 e. The number of nitrogens with zero attached hydrogens (tertiary/aromatic N) is 1. The molecular formula is C12H16NO3S-. The second-order valence-corrected chi connectivity index (χ2v) is 6.52. The molecular weight excluding hydrogens is 238 g/mol. The third kappa shape index (κ3) is 1.73. The van der Waals surface area contributed by atoms with Gasteiger partial charge in [0.25, 0.3) is 0 Å². The van der Waals surface area contributed by atoms with E-state index < -0.39 is 10.1 Å². The fourth-order valence-electron chi connectivity index (χ4n) is 2.41. The molecule has 0 unspecified atom stereocenters. The highest BCUT2D eigenvalue weighted by atomic mass is 32.2. The molecule has 0 aromatic heterocycles. The van der Waals surface area contributed by atoms with Crippen LogP contribution in [-0.2, 0) is 15.5 Å². The molecule has 0 fully saturated rings. The summed E-state index contributed by atoms with van der Waals surface area (Å²) in [6.45, 7) is 6.20. The van der Waals surface area contributed by atoms with Crippen LogP contribution in [0.25, 0.3) is 0 Å². The molecule has 5 heteroatoms. The van der Waals surface area contributed by atoms with Gasteiger partial charge in [-0.05, 0) is 30.7 Å². The number of benzene rings is 1. The molecule has 4 nitrogen and oxygen atoms in total. The van der Waals surface area contributed by atoms with Crippen LogP contribution < -0.4 is 4.90 Å². The van der Waals surface area contributed by atoms with Crippen molar-refractivity contribution in [1.29, 1.82) is 0 Å². The van der Waals surface area contributed by atoms with Crippen LogP contribution in [0.1, 0.15) is 26.3 Å². The predicted molar refractivity (Wildman–Crippen MR) is 65.3 cm³/mol. The zero-order valence-electron chi connectivity index (χ0n) is 10.4. The van der Waals surface area contributed by atoms with Crippen LogP contribution >= 0.6 is 0 Å². The van der Waals surface area contributed by atoms with E-state index in [4.69, 9.17) is 0 Å². The van der Waals surface area contributed by atoms with Crippen molar-refractivity contribution in [2.24, 2.45) is 0 Å². The third-order valence-electron chi connectivity index (χ3n) is 3.96. The Morgan fingerprint density at radius 3 is 2.47 bits per heavy atom. The standard InChI is InChI=1S/C12H17NO3S/c1-8-12(2,3)10-7-9(17(14,15)16)5-6-11(10)13(8)4/h5-8H,1-4H3,(H,14,15,16)/p-1/t8-/m0/s1. The van der Waals surface area contributed by atoms with Crippen molar-refractivity contribution in [3.05, 3.63) is 23.8 Å². The largest absolute Gasteiger partial charge is 0.744 e. The van der Waals surface area contributed by atoms with Crippen molar-refractivity contribution in [1.82, 2.24) is 0 Å². The molecule has 0 N–H and O–H groups in total. The van der Waals surface area contributed by atoms with Gasteiger partial charge >= 0.3 is 0 Å². The fraction of sp³-hybridized carbons (Fsp3) is 0.500. The average Bonchev–Trinajstić information content (AvgIpc) is 2.39. The Bertz CT molecular complexity index is 563. The van der Waals surface area contributed by atoms with E-state index in [9.17, 15) is 13.0 Å². The van der Waals surface area contributed by atoms with Crippen LogP contribution in [-0.4, -0.2) is 26.1 Å². The number of anilines is 1. The van der Waals surface area contributed by atoms with Crippen LogP contribution in [0.5, 0.6) is 0 Å². The molecule has 1 aliphatic rings. The summed E-state index contributed by atoms with van der Waals surface area (Å²) in [5.74, 6) is 0. The zero-order valence-corrected chi connectivity index (χ0v) is 11.2. The molecule has 1 heterocycles. The molecule has 0 aliphatic carbocycles. The second kappa shape index (κ2) is 3.46. The Balaban J connectivity index is 2.67. The van der Waals surface area contributed by atoms with E-state index in [2.05, 4.69) is 25.7 Å². The summed E-state index contributed by atoms with van der Waals surface area (Å²) in [6.07, 6.45) is 0. The summed E-state index contributed by atoms with van der Waals surface area (Å²) in [5, 5.41) is 0. The fourth-order valence-corrected chi connectivity index (χ4v) is 2.91. The Morgan fingerprint density at radius 2 is 1.94 bits per heavy atom. The van der Waals surface area contributed by atoms with Gasteiger partial charge in [0.15, 0.2) is 0 Å². The van der Waals surface area contributed by atoms with Crippen LogP contribution in [0.4, 0.5) is 5.69 Å². The van der Waals surface area contributed by atoms with Crippen molar-refractivity contribution in [3.63, 3.8) is 0 Å². The van der Waals surface area contributed by atoms with Crippen molar-refractivity contribution in [3.8, 4) is 0 Å². The maximum absolute atomic E-state index is 11.0. The smallest absolute Gasteiger partial charge is 0.124 e. The molecule has 1 aliphatic heterocycles. The van der Waals surface area contributed by atoms with Gasteiger partial charge in [0.2, 0.25) is 0 Å². The monoisotopic (exact) mass is 254 g/mol. The second-order valence-electron chi connectivity index (χ2n) is 5.14. The highest BCUT2D eigenvalue weighted by molar-refractivity contribution is 7.85. The lowest BCUT2D eigenvalue weighted by Crippen LogP contribution is -2.36. The first-order chi connectivity index (χ1) is 7.65. The van der Waals surface area contributed by atoms with Crippen LogP contribution in [0.15, 0.2) is 23.1 Å². The van der Waals surface area contributed by atoms with Crippen LogP contribution in [0.2, 0.25) is 0 Å². The summed E-state index contributed by atoms with van der Waals surface area (Å²) in [6, 6.07) is 4.87. The minimum absolute atomic E-state index is 0.146. The summed E-state index contributed by atoms with van der Waals surface area (Å²) in [5.41, 5.74) is 1.75. The van der Waals surface area contributed by atoms with Crippen molar-refractivity contribution >= 4 is 15.8 Å². The van der Waals surface area contributed by atoms with E-state index >= 15 is 0 Å². The van der Waals surface area contributed by atoms with Gasteiger partial charge in [0.1, 0.15) is 10.1 Å². The van der Waals surface area contributed by atoms with E-state index in [0.717, 1.165) is 11.3 Å². The third-order valence-corrected chi connectivity index (χ3v) is 4.79. The number of rotatable bonds is 1. The molecule has 0 bridgehead atoms. The minimum atomic E-state index is -4.38. The molecule has 1 aromatic carbocycles. The molecule has 1 atom stereocenters. The maximum Gasteiger partial charge on any atom is 0.124 e. The number of hydrogen-bond acceptors (Lipinski definition) is 4. The zero-order chi connectivity index (χ0) is 13.0. The topological polar surface area (TPSA) is 60.4 Å². The Labute approximate surface area is 102 Å². The van der Waals surface area contributed by atoms with Crippen molar-refractivity contribution in [2.45, 2.75) is 37.1 Å². The van der Waals surface area contributed by atoms with Gasteiger partial charge in [-0.3, -0.25) is 0 Å². The van der Waals surface area contributed by atoms with E-state index in [1.807, 2.05) is 7.05 Å². The van der Waals surface area contributed by atoms with E-state index in [-0.39, 0.29) is 16.4 Å². The molecule has 0 saturated carbocycles. The molecule has 94 valence electrons. The lowest BCUT2D eigenvalue weighted by Gasteiger charge is -2.28. The predicted octanol–water partition coefficient (Wildman–Crippen LogP) is 1.71. The van der Waals surface area contributed by atoms with Gasteiger partial charge in [0.05, 0.1) is 4.90 Å². The normalized spacial score (nSPS) is 22.6.